The van der Waals surface area contributed by atoms with E-state index < -0.39 is 5.56 Å². The number of aromatic amines is 1. The molecule has 1 aromatic rings. The average molecular weight is 257 g/mol. The first kappa shape index (κ1) is 14.5. The summed E-state index contributed by atoms with van der Waals surface area (Å²) < 4.78 is 0. The summed E-state index contributed by atoms with van der Waals surface area (Å²) in [7, 11) is 0. The number of nitrogens with one attached hydrogen (secondary N) is 2. The summed E-state index contributed by atoms with van der Waals surface area (Å²) in [5, 5.41) is 11.5. The molecule has 2 N–H and O–H groups in total. The molecule has 0 aliphatic rings. The van der Waals surface area contributed by atoms with E-state index in [1.54, 1.807) is 13.8 Å². The molecule has 0 unspecified atom stereocenters. The Kier molecular flexibility index (Phi) is 4.91. The van der Waals surface area contributed by atoms with Gasteiger partial charge < -0.3 is 10.3 Å². The first-order valence-electron chi connectivity index (χ1n) is 5.83. The van der Waals surface area contributed by atoms with Gasteiger partial charge >= 0.3 is 0 Å². The van der Waals surface area contributed by atoms with Gasteiger partial charge in [-0.25, -0.2) is 0 Å². The van der Waals surface area contributed by atoms with Gasteiger partial charge in [0, 0.05) is 12.1 Å². The molecule has 5 nitrogen and oxygen atoms in total. The van der Waals surface area contributed by atoms with Crippen LogP contribution in [0.1, 0.15) is 28.8 Å². The third-order valence-electron chi connectivity index (χ3n) is 2.91. The maximum absolute atomic E-state index is 11.5. The van der Waals surface area contributed by atoms with Gasteiger partial charge in [0.15, 0.2) is 0 Å². The van der Waals surface area contributed by atoms with Crippen molar-refractivity contribution < 1.29 is 4.79 Å². The number of hydrogen-bond acceptors (Lipinski definition) is 3. The molecule has 19 heavy (non-hydrogen) atoms. The Labute approximate surface area is 111 Å². The standard InChI is InChI=1S/C14H15N3O2/c1-4-7-16-13(18)6-5-11-9(2)12(8-15)14(19)17-10(11)3/h1H,5-7H2,2-3H3,(H,16,18)(H,17,19). The molecule has 0 bridgehead atoms. The summed E-state index contributed by atoms with van der Waals surface area (Å²) in [6.07, 6.45) is 5.77. The van der Waals surface area contributed by atoms with Crippen LogP contribution in [0.5, 0.6) is 0 Å². The molecule has 1 aromatic heterocycles. The van der Waals surface area contributed by atoms with E-state index in [4.69, 9.17) is 11.7 Å². The normalized spacial score (nSPS) is 9.47. The number of aromatic nitrogens is 1. The van der Waals surface area contributed by atoms with E-state index in [-0.39, 0.29) is 24.4 Å². The number of aryl methyl sites for hydroxylation is 1. The van der Waals surface area contributed by atoms with Crippen LogP contribution < -0.4 is 10.9 Å². The summed E-state index contributed by atoms with van der Waals surface area (Å²) in [5.41, 5.74) is 1.86. The smallest absolute Gasteiger partial charge is 0.266 e. The van der Waals surface area contributed by atoms with Crippen molar-refractivity contribution in [2.24, 2.45) is 0 Å². The summed E-state index contributed by atoms with van der Waals surface area (Å²) in [5.74, 6) is 2.17. The number of nitriles is 1. The maximum atomic E-state index is 11.5. The van der Waals surface area contributed by atoms with Crippen LogP contribution in [0.15, 0.2) is 4.79 Å². The Morgan fingerprint density at radius 1 is 1.47 bits per heavy atom. The lowest BCUT2D eigenvalue weighted by Crippen LogP contribution is -2.24. The SMILES string of the molecule is C#CCNC(=O)CCc1c(C)[nH]c(=O)c(C#N)c1C. The highest BCUT2D eigenvalue weighted by molar-refractivity contribution is 5.76. The van der Waals surface area contributed by atoms with E-state index >= 15 is 0 Å². The number of carbonyl (C=O) groups is 1. The Balaban J connectivity index is 2.92. The van der Waals surface area contributed by atoms with Gasteiger partial charge in [0.2, 0.25) is 5.91 Å². The highest BCUT2D eigenvalue weighted by Crippen LogP contribution is 2.14. The minimum absolute atomic E-state index is 0.102. The minimum atomic E-state index is -0.391. The Morgan fingerprint density at radius 3 is 2.74 bits per heavy atom. The molecule has 0 fully saturated rings. The number of amides is 1. The summed E-state index contributed by atoms with van der Waals surface area (Å²) in [4.78, 5) is 25.6. The van der Waals surface area contributed by atoms with E-state index in [0.29, 0.717) is 17.7 Å². The first-order valence-corrected chi connectivity index (χ1v) is 5.83. The highest BCUT2D eigenvalue weighted by Gasteiger charge is 2.12. The van der Waals surface area contributed by atoms with Gasteiger partial charge in [-0.1, -0.05) is 5.92 Å². The molecule has 0 radical (unpaired) electrons. The minimum Gasteiger partial charge on any atom is -0.345 e. The number of hydrogen-bond donors (Lipinski definition) is 2. The molecule has 0 saturated heterocycles. The van der Waals surface area contributed by atoms with Crippen molar-refractivity contribution in [3.63, 3.8) is 0 Å². The second-order valence-electron chi connectivity index (χ2n) is 4.15. The van der Waals surface area contributed by atoms with Crippen LogP contribution in [0, 0.1) is 37.5 Å². The van der Waals surface area contributed by atoms with Gasteiger partial charge in [-0.3, -0.25) is 9.59 Å². The summed E-state index contributed by atoms with van der Waals surface area (Å²) in [6.45, 7) is 3.67. The Hall–Kier alpha value is -2.53. The lowest BCUT2D eigenvalue weighted by molar-refractivity contribution is -0.120. The number of carbonyl (C=O) groups excluding carboxylic acids is 1. The second-order valence-corrected chi connectivity index (χ2v) is 4.15. The first-order chi connectivity index (χ1) is 9.01. The molecule has 0 aromatic carbocycles. The van der Waals surface area contributed by atoms with Crippen LogP contribution in [0.4, 0.5) is 0 Å². The number of terminal acetylenes is 1. The van der Waals surface area contributed by atoms with Crippen molar-refractivity contribution in [1.82, 2.24) is 10.3 Å². The molecule has 1 heterocycles. The molecule has 1 rings (SSSR count). The van der Waals surface area contributed by atoms with Crippen molar-refractivity contribution in [2.45, 2.75) is 26.7 Å². The zero-order valence-electron chi connectivity index (χ0n) is 11.0. The van der Waals surface area contributed by atoms with E-state index in [2.05, 4.69) is 16.2 Å². The van der Waals surface area contributed by atoms with E-state index in [0.717, 1.165) is 5.56 Å². The van der Waals surface area contributed by atoms with E-state index in [9.17, 15) is 9.59 Å². The lowest BCUT2D eigenvalue weighted by atomic mass is 9.99. The topological polar surface area (TPSA) is 85.8 Å². The molecule has 98 valence electrons. The Bertz CT molecular complexity index is 630. The van der Waals surface area contributed by atoms with Gasteiger partial charge in [-0.05, 0) is 31.4 Å². The van der Waals surface area contributed by atoms with Gasteiger partial charge in [0.25, 0.3) is 5.56 Å². The summed E-state index contributed by atoms with van der Waals surface area (Å²) >= 11 is 0. The van der Waals surface area contributed by atoms with E-state index in [1.807, 2.05) is 6.07 Å². The Morgan fingerprint density at radius 2 is 2.16 bits per heavy atom. The number of pyridine rings is 1. The molecular formula is C14H15N3O2. The predicted octanol–water partition coefficient (Wildman–Crippen LogP) is 0.545. The largest absolute Gasteiger partial charge is 0.345 e. The van der Waals surface area contributed by atoms with Crippen LogP contribution in [0.25, 0.3) is 0 Å². The highest BCUT2D eigenvalue weighted by atomic mass is 16.1. The lowest BCUT2D eigenvalue weighted by Gasteiger charge is -2.10. The number of nitrogens with zero attached hydrogens (tertiary/aromatic N) is 1. The van der Waals surface area contributed by atoms with Crippen molar-refractivity contribution in [1.29, 1.82) is 5.26 Å². The molecule has 0 aliphatic carbocycles. The predicted molar refractivity (Wildman–Crippen MR) is 71.4 cm³/mol. The molecule has 0 aliphatic heterocycles. The zero-order chi connectivity index (χ0) is 14.4. The third kappa shape index (κ3) is 3.46. The fourth-order valence-electron chi connectivity index (χ4n) is 1.90. The van der Waals surface area contributed by atoms with Gasteiger partial charge in [-0.15, -0.1) is 6.42 Å². The van der Waals surface area contributed by atoms with Crippen LogP contribution in [-0.4, -0.2) is 17.4 Å². The quantitative estimate of drug-likeness (QED) is 0.772. The van der Waals surface area contributed by atoms with Gasteiger partial charge in [-0.2, -0.15) is 5.26 Å². The molecular weight excluding hydrogens is 242 g/mol. The fourth-order valence-corrected chi connectivity index (χ4v) is 1.90. The van der Waals surface area contributed by atoms with Crippen molar-refractivity contribution in [3.8, 4) is 18.4 Å². The van der Waals surface area contributed by atoms with Crippen molar-refractivity contribution in [2.75, 3.05) is 6.54 Å². The number of rotatable bonds is 4. The maximum Gasteiger partial charge on any atom is 0.266 e. The second kappa shape index (κ2) is 6.42. The molecule has 5 heteroatoms. The molecule has 0 saturated carbocycles. The summed E-state index contributed by atoms with van der Waals surface area (Å²) in [6, 6.07) is 1.88. The van der Waals surface area contributed by atoms with Crippen LogP contribution >= 0.6 is 0 Å². The zero-order valence-corrected chi connectivity index (χ0v) is 11.0. The molecule has 1 amide bonds. The van der Waals surface area contributed by atoms with Crippen LogP contribution in [-0.2, 0) is 11.2 Å². The van der Waals surface area contributed by atoms with Crippen molar-refractivity contribution in [3.05, 3.63) is 32.7 Å². The number of H-pyrrole nitrogens is 1. The van der Waals surface area contributed by atoms with Gasteiger partial charge in [0.05, 0.1) is 6.54 Å². The fraction of sp³-hybridized carbons (Fsp3) is 0.357. The van der Waals surface area contributed by atoms with Crippen LogP contribution in [0.2, 0.25) is 0 Å². The average Bonchev–Trinajstić information content (AvgIpc) is 2.36. The molecule has 0 spiro atoms. The van der Waals surface area contributed by atoms with Crippen LogP contribution in [0.3, 0.4) is 0 Å². The monoisotopic (exact) mass is 257 g/mol. The third-order valence-corrected chi connectivity index (χ3v) is 2.91. The molecule has 0 atom stereocenters. The van der Waals surface area contributed by atoms with Crippen molar-refractivity contribution >= 4 is 5.91 Å². The van der Waals surface area contributed by atoms with E-state index in [1.165, 1.54) is 0 Å². The van der Waals surface area contributed by atoms with Gasteiger partial charge in [0.1, 0.15) is 11.6 Å².